The number of anilines is 3. The zero-order valence-electron chi connectivity index (χ0n) is 22.2. The van der Waals surface area contributed by atoms with Crippen LogP contribution in [0.15, 0.2) is 36.5 Å². The Morgan fingerprint density at radius 2 is 1.84 bits per heavy atom. The first-order chi connectivity index (χ1) is 18.5. The van der Waals surface area contributed by atoms with Gasteiger partial charge in [0.15, 0.2) is 0 Å². The van der Waals surface area contributed by atoms with Crippen molar-refractivity contribution in [2.45, 2.75) is 19.9 Å². The Morgan fingerprint density at radius 1 is 1.03 bits per heavy atom. The number of carbonyl (C=O) groups excluding carboxylic acids is 1. The maximum Gasteiger partial charge on any atom is 0.320 e. The molecule has 0 atom stereocenters. The molecule has 6 rings (SSSR count). The number of rotatable bonds is 4. The normalized spacial score (nSPS) is 18.4. The van der Waals surface area contributed by atoms with Gasteiger partial charge in [-0.05, 0) is 55.8 Å². The van der Waals surface area contributed by atoms with Gasteiger partial charge < -0.3 is 29.7 Å². The van der Waals surface area contributed by atoms with E-state index in [-0.39, 0.29) is 6.03 Å². The molecule has 5 heterocycles. The molecule has 0 unspecified atom stereocenters. The van der Waals surface area contributed by atoms with Gasteiger partial charge in [0.05, 0.1) is 23.8 Å². The van der Waals surface area contributed by atoms with Crippen molar-refractivity contribution in [2.75, 3.05) is 76.3 Å². The molecule has 0 spiro atoms. The molecule has 0 radical (unpaired) electrons. The fourth-order valence-corrected chi connectivity index (χ4v) is 6.51. The fraction of sp³-hybridized carbons (Fsp3) is 0.464. The molecular weight excluding hydrogens is 498 g/mol. The van der Waals surface area contributed by atoms with E-state index in [4.69, 9.17) is 9.72 Å². The van der Waals surface area contributed by atoms with Gasteiger partial charge in [-0.1, -0.05) is 6.07 Å². The molecule has 38 heavy (non-hydrogen) atoms. The highest BCUT2D eigenvalue weighted by Gasteiger charge is 2.28. The number of carbonyl (C=O) groups is 1. The number of nitrogens with one attached hydrogen (secondary N) is 1. The van der Waals surface area contributed by atoms with Crippen LogP contribution in [-0.4, -0.2) is 96.8 Å². The first-order valence-electron chi connectivity index (χ1n) is 13.4. The lowest BCUT2D eigenvalue weighted by Crippen LogP contribution is -2.49. The predicted octanol–water partition coefficient (Wildman–Crippen LogP) is 3.82. The van der Waals surface area contributed by atoms with Crippen molar-refractivity contribution in [2.24, 2.45) is 0 Å². The van der Waals surface area contributed by atoms with Gasteiger partial charge >= 0.3 is 6.03 Å². The molecular formula is C28H35N7O2S. The van der Waals surface area contributed by atoms with Gasteiger partial charge in [0.2, 0.25) is 5.95 Å². The molecule has 1 aromatic carbocycles. The van der Waals surface area contributed by atoms with Crippen LogP contribution >= 0.6 is 11.3 Å². The lowest BCUT2D eigenvalue weighted by molar-refractivity contribution is 0.0422. The maximum absolute atomic E-state index is 13.0. The minimum Gasteiger partial charge on any atom is -0.378 e. The number of fused-ring (bicyclic) bond motifs is 1. The van der Waals surface area contributed by atoms with Crippen molar-refractivity contribution in [1.29, 1.82) is 0 Å². The van der Waals surface area contributed by atoms with Gasteiger partial charge in [-0.2, -0.15) is 0 Å². The molecule has 3 aliphatic heterocycles. The summed E-state index contributed by atoms with van der Waals surface area (Å²) in [6.45, 7) is 10.3. The van der Waals surface area contributed by atoms with Gasteiger partial charge in [-0.15, -0.1) is 11.3 Å². The number of morpholine rings is 1. The van der Waals surface area contributed by atoms with Gasteiger partial charge in [0.1, 0.15) is 0 Å². The molecule has 2 aromatic heterocycles. The van der Waals surface area contributed by atoms with Crippen molar-refractivity contribution in [3.8, 4) is 10.6 Å². The molecule has 2 amide bonds. The van der Waals surface area contributed by atoms with E-state index >= 15 is 0 Å². The summed E-state index contributed by atoms with van der Waals surface area (Å²) in [4.78, 5) is 33.7. The molecule has 3 aromatic rings. The van der Waals surface area contributed by atoms with E-state index in [2.05, 4.69) is 64.4 Å². The number of aromatic nitrogens is 2. The summed E-state index contributed by atoms with van der Waals surface area (Å²) in [6.07, 6.45) is 2.77. The Labute approximate surface area is 228 Å². The van der Waals surface area contributed by atoms with E-state index in [1.165, 1.54) is 16.1 Å². The zero-order valence-corrected chi connectivity index (χ0v) is 23.0. The third kappa shape index (κ3) is 5.34. The van der Waals surface area contributed by atoms with Crippen molar-refractivity contribution in [3.63, 3.8) is 0 Å². The van der Waals surface area contributed by atoms with Gasteiger partial charge in [0.25, 0.3) is 0 Å². The second-order valence-corrected chi connectivity index (χ2v) is 11.4. The van der Waals surface area contributed by atoms with Crippen molar-refractivity contribution in [3.05, 3.63) is 52.5 Å². The minimum absolute atomic E-state index is 0.121. The van der Waals surface area contributed by atoms with Crippen molar-refractivity contribution in [1.82, 2.24) is 24.7 Å². The van der Waals surface area contributed by atoms with E-state index in [1.54, 1.807) is 11.3 Å². The van der Waals surface area contributed by atoms with Crippen LogP contribution < -0.4 is 10.2 Å². The number of benzene rings is 1. The molecule has 200 valence electrons. The number of piperazine rings is 1. The monoisotopic (exact) mass is 533 g/mol. The maximum atomic E-state index is 13.0. The lowest BCUT2D eigenvalue weighted by Gasteiger charge is -2.34. The second-order valence-electron chi connectivity index (χ2n) is 10.3. The van der Waals surface area contributed by atoms with Crippen LogP contribution in [0, 0.1) is 6.92 Å². The number of nitrogens with zero attached hydrogens (tertiary/aromatic N) is 6. The summed E-state index contributed by atoms with van der Waals surface area (Å²) in [5.74, 6) is 0.594. The number of urea groups is 1. The number of hydrogen-bond donors (Lipinski definition) is 1. The molecule has 2 saturated heterocycles. The van der Waals surface area contributed by atoms with Crippen LogP contribution in [0.3, 0.4) is 0 Å². The molecule has 10 heteroatoms. The second kappa shape index (κ2) is 10.9. The summed E-state index contributed by atoms with van der Waals surface area (Å²) >= 11 is 1.79. The van der Waals surface area contributed by atoms with E-state index in [0.29, 0.717) is 38.8 Å². The van der Waals surface area contributed by atoms with Crippen LogP contribution in [0.5, 0.6) is 0 Å². The molecule has 1 N–H and O–H groups in total. The van der Waals surface area contributed by atoms with E-state index in [0.717, 1.165) is 61.0 Å². The summed E-state index contributed by atoms with van der Waals surface area (Å²) in [5, 5.41) is 3.43. The summed E-state index contributed by atoms with van der Waals surface area (Å²) < 4.78 is 5.41. The average Bonchev–Trinajstić information content (AvgIpc) is 3.38. The Balaban J connectivity index is 1.17. The van der Waals surface area contributed by atoms with E-state index in [9.17, 15) is 4.79 Å². The number of likely N-dealkylation sites (N-methyl/N-ethyl adjacent to an activating group) is 1. The highest BCUT2D eigenvalue weighted by Crippen LogP contribution is 2.36. The average molecular weight is 534 g/mol. The van der Waals surface area contributed by atoms with Crippen molar-refractivity contribution < 1.29 is 9.53 Å². The third-order valence-corrected chi connectivity index (χ3v) is 8.84. The van der Waals surface area contributed by atoms with Crippen molar-refractivity contribution >= 4 is 34.7 Å². The fourth-order valence-electron chi connectivity index (χ4n) is 5.29. The van der Waals surface area contributed by atoms with Gasteiger partial charge in [0, 0.05) is 74.8 Å². The molecule has 2 fully saturated rings. The Bertz CT molecular complexity index is 1300. The van der Waals surface area contributed by atoms with Gasteiger partial charge in [-0.3, -0.25) is 0 Å². The number of thiophene rings is 1. The molecule has 0 bridgehead atoms. The highest BCUT2D eigenvalue weighted by atomic mass is 32.1. The molecule has 9 nitrogen and oxygen atoms in total. The topological polar surface area (TPSA) is 77.1 Å². The predicted molar refractivity (Wildman–Crippen MR) is 151 cm³/mol. The van der Waals surface area contributed by atoms with Crippen LogP contribution in [0.1, 0.15) is 16.0 Å². The van der Waals surface area contributed by atoms with Crippen LogP contribution in [-0.2, 0) is 17.7 Å². The smallest absolute Gasteiger partial charge is 0.320 e. The Morgan fingerprint density at radius 3 is 2.66 bits per heavy atom. The first kappa shape index (κ1) is 25.1. The van der Waals surface area contributed by atoms with Crippen LogP contribution in [0.4, 0.5) is 22.1 Å². The number of aryl methyl sites for hydroxylation is 1. The standard InChI is InChI=1S/C28H35N7O2S/c1-20-18-29-27(30-22-4-3-5-23(17-22)33-10-8-32(2)9-11-33)31-26(20)25-16-21-19-35(7-6-24(21)38-25)28(36)34-12-14-37-15-13-34/h3-5,16-18H,6-15,19H2,1-2H3,(H,29,30,31). The summed E-state index contributed by atoms with van der Waals surface area (Å²) in [7, 11) is 2.17. The third-order valence-electron chi connectivity index (χ3n) is 7.59. The van der Waals surface area contributed by atoms with Gasteiger partial charge in [-0.25, -0.2) is 14.8 Å². The number of hydrogen-bond acceptors (Lipinski definition) is 8. The lowest BCUT2D eigenvalue weighted by atomic mass is 10.1. The SMILES string of the molecule is Cc1cnc(Nc2cccc(N3CCN(C)CC3)c2)nc1-c1cc2c(s1)CCN(C(=O)N1CCOCC1)C2. The van der Waals surface area contributed by atoms with Crippen LogP contribution in [0.2, 0.25) is 0 Å². The van der Waals surface area contributed by atoms with E-state index in [1.807, 2.05) is 16.0 Å². The molecule has 0 saturated carbocycles. The van der Waals surface area contributed by atoms with Crippen LogP contribution in [0.25, 0.3) is 10.6 Å². The summed E-state index contributed by atoms with van der Waals surface area (Å²) in [6, 6.07) is 10.8. The molecule has 3 aliphatic rings. The number of ether oxygens (including phenoxy) is 1. The van der Waals surface area contributed by atoms with E-state index < -0.39 is 0 Å². The highest BCUT2D eigenvalue weighted by molar-refractivity contribution is 7.15. The molecule has 0 aliphatic carbocycles. The Hall–Kier alpha value is -3.21. The summed E-state index contributed by atoms with van der Waals surface area (Å²) in [5.41, 5.74) is 5.42. The quantitative estimate of drug-likeness (QED) is 0.546. The Kier molecular flexibility index (Phi) is 7.18. The largest absolute Gasteiger partial charge is 0.378 e. The number of amides is 2. The minimum atomic E-state index is 0.121. The first-order valence-corrected chi connectivity index (χ1v) is 14.2. The zero-order chi connectivity index (χ0) is 26.1.